The summed E-state index contributed by atoms with van der Waals surface area (Å²) in [6, 6.07) is 4.90. The molecule has 0 saturated heterocycles. The summed E-state index contributed by atoms with van der Waals surface area (Å²) in [5, 5.41) is 17.8. The SMILES string of the molecule is N#Cc1cc2nc[nH]c2cc1O. The zero-order valence-corrected chi connectivity index (χ0v) is 6.07. The zero-order chi connectivity index (χ0) is 8.55. The van der Waals surface area contributed by atoms with Crippen LogP contribution in [0.15, 0.2) is 18.5 Å². The van der Waals surface area contributed by atoms with Gasteiger partial charge in [-0.15, -0.1) is 0 Å². The highest BCUT2D eigenvalue weighted by molar-refractivity contribution is 5.78. The number of aromatic hydroxyl groups is 1. The van der Waals surface area contributed by atoms with E-state index < -0.39 is 0 Å². The van der Waals surface area contributed by atoms with E-state index in [-0.39, 0.29) is 11.3 Å². The summed E-state index contributed by atoms with van der Waals surface area (Å²) < 4.78 is 0. The molecule has 1 aromatic carbocycles. The average Bonchev–Trinajstić information content (AvgIpc) is 2.49. The zero-order valence-electron chi connectivity index (χ0n) is 6.07. The Balaban J connectivity index is 2.84. The maximum absolute atomic E-state index is 9.26. The first kappa shape index (κ1) is 6.68. The second kappa shape index (κ2) is 2.24. The molecule has 1 heterocycles. The third kappa shape index (κ3) is 0.805. The Morgan fingerprint density at radius 3 is 3.08 bits per heavy atom. The molecule has 0 aliphatic rings. The molecule has 58 valence electrons. The van der Waals surface area contributed by atoms with Gasteiger partial charge in [0.15, 0.2) is 0 Å². The first-order valence-corrected chi connectivity index (χ1v) is 3.37. The number of hydrogen-bond acceptors (Lipinski definition) is 3. The van der Waals surface area contributed by atoms with Crippen molar-refractivity contribution < 1.29 is 5.11 Å². The van der Waals surface area contributed by atoms with E-state index in [2.05, 4.69) is 9.97 Å². The summed E-state index contributed by atoms with van der Waals surface area (Å²) in [5.74, 6) is -0.0192. The normalized spacial score (nSPS) is 9.92. The van der Waals surface area contributed by atoms with E-state index in [1.807, 2.05) is 6.07 Å². The number of phenols is 1. The maximum atomic E-state index is 9.26. The molecule has 1 aromatic heterocycles. The van der Waals surface area contributed by atoms with Crippen LogP contribution < -0.4 is 0 Å². The van der Waals surface area contributed by atoms with E-state index in [1.165, 1.54) is 12.4 Å². The van der Waals surface area contributed by atoms with Crippen molar-refractivity contribution in [3.05, 3.63) is 24.0 Å². The first-order valence-electron chi connectivity index (χ1n) is 3.37. The molecular weight excluding hydrogens is 154 g/mol. The maximum Gasteiger partial charge on any atom is 0.135 e. The molecule has 0 atom stereocenters. The number of imidazole rings is 1. The van der Waals surface area contributed by atoms with Crippen LogP contribution in [0, 0.1) is 11.3 Å². The predicted octanol–water partition coefficient (Wildman–Crippen LogP) is 1.14. The van der Waals surface area contributed by atoms with Crippen LogP contribution in [-0.2, 0) is 0 Å². The number of aromatic nitrogens is 2. The Labute approximate surface area is 68.1 Å². The smallest absolute Gasteiger partial charge is 0.135 e. The van der Waals surface area contributed by atoms with E-state index in [0.29, 0.717) is 5.52 Å². The van der Waals surface area contributed by atoms with Crippen molar-refractivity contribution in [2.75, 3.05) is 0 Å². The van der Waals surface area contributed by atoms with Crippen LogP contribution in [0.2, 0.25) is 0 Å². The topological polar surface area (TPSA) is 72.7 Å². The largest absolute Gasteiger partial charge is 0.506 e. The van der Waals surface area contributed by atoms with Crippen LogP contribution in [0.25, 0.3) is 11.0 Å². The molecule has 4 nitrogen and oxygen atoms in total. The minimum atomic E-state index is -0.0192. The molecule has 0 spiro atoms. The number of benzene rings is 1. The second-order valence-electron chi connectivity index (χ2n) is 2.40. The van der Waals surface area contributed by atoms with Crippen LogP contribution in [0.1, 0.15) is 5.56 Å². The fourth-order valence-electron chi connectivity index (χ4n) is 1.06. The minimum Gasteiger partial charge on any atom is -0.506 e. The van der Waals surface area contributed by atoms with E-state index in [4.69, 9.17) is 5.26 Å². The van der Waals surface area contributed by atoms with Crippen molar-refractivity contribution in [2.24, 2.45) is 0 Å². The molecule has 12 heavy (non-hydrogen) atoms. The number of nitrogens with one attached hydrogen (secondary N) is 1. The van der Waals surface area contributed by atoms with Gasteiger partial charge in [0.05, 0.1) is 22.9 Å². The molecule has 2 N–H and O–H groups in total. The lowest BCUT2D eigenvalue weighted by Crippen LogP contribution is -1.77. The highest BCUT2D eigenvalue weighted by atomic mass is 16.3. The molecule has 0 unspecified atom stereocenters. The number of nitrogens with zero attached hydrogens (tertiary/aromatic N) is 2. The van der Waals surface area contributed by atoms with Gasteiger partial charge >= 0.3 is 0 Å². The number of fused-ring (bicyclic) bond motifs is 1. The van der Waals surface area contributed by atoms with Gasteiger partial charge in [0, 0.05) is 6.07 Å². The van der Waals surface area contributed by atoms with E-state index in [1.54, 1.807) is 6.07 Å². The molecule has 0 fully saturated rings. The van der Waals surface area contributed by atoms with Crippen LogP contribution in [0.4, 0.5) is 0 Å². The number of aromatic amines is 1. The number of rotatable bonds is 0. The van der Waals surface area contributed by atoms with Gasteiger partial charge in [0.1, 0.15) is 11.8 Å². The standard InChI is InChI=1S/C8H5N3O/c9-3-5-1-6-7(2-8(5)12)11-4-10-6/h1-2,4,12H,(H,10,11). The van der Waals surface area contributed by atoms with Crippen molar-refractivity contribution in [3.63, 3.8) is 0 Å². The Kier molecular flexibility index (Phi) is 1.25. The lowest BCUT2D eigenvalue weighted by Gasteiger charge is -1.93. The molecule has 0 aliphatic carbocycles. The summed E-state index contributed by atoms with van der Waals surface area (Å²) in [4.78, 5) is 6.78. The predicted molar refractivity (Wildman–Crippen MR) is 42.5 cm³/mol. The number of H-pyrrole nitrogens is 1. The van der Waals surface area contributed by atoms with E-state index in [0.717, 1.165) is 5.52 Å². The van der Waals surface area contributed by atoms with Crippen LogP contribution in [-0.4, -0.2) is 15.1 Å². The Hall–Kier alpha value is -2.02. The van der Waals surface area contributed by atoms with E-state index in [9.17, 15) is 5.11 Å². The molecule has 0 amide bonds. The highest BCUT2D eigenvalue weighted by Gasteiger charge is 2.03. The molecule has 4 heteroatoms. The summed E-state index contributed by atoms with van der Waals surface area (Å²) in [6.07, 6.45) is 1.52. The van der Waals surface area contributed by atoms with Gasteiger partial charge in [-0.1, -0.05) is 0 Å². The lowest BCUT2D eigenvalue weighted by molar-refractivity contribution is 0.474. The Morgan fingerprint density at radius 1 is 1.50 bits per heavy atom. The molecule has 2 rings (SSSR count). The molecule has 0 saturated carbocycles. The third-order valence-corrected chi connectivity index (χ3v) is 1.66. The van der Waals surface area contributed by atoms with Crippen molar-refractivity contribution in [1.29, 1.82) is 5.26 Å². The summed E-state index contributed by atoms with van der Waals surface area (Å²) >= 11 is 0. The lowest BCUT2D eigenvalue weighted by atomic mass is 10.2. The minimum absolute atomic E-state index is 0.0192. The summed E-state index contributed by atoms with van der Waals surface area (Å²) in [5.41, 5.74) is 1.66. The Bertz CT molecular complexity index is 467. The third-order valence-electron chi connectivity index (χ3n) is 1.66. The van der Waals surface area contributed by atoms with E-state index >= 15 is 0 Å². The van der Waals surface area contributed by atoms with Gasteiger partial charge in [-0.05, 0) is 6.07 Å². The van der Waals surface area contributed by atoms with Gasteiger partial charge in [0.2, 0.25) is 0 Å². The van der Waals surface area contributed by atoms with Crippen LogP contribution in [0.5, 0.6) is 5.75 Å². The Morgan fingerprint density at radius 2 is 2.33 bits per heavy atom. The molecule has 2 aromatic rings. The van der Waals surface area contributed by atoms with Crippen molar-refractivity contribution >= 4 is 11.0 Å². The van der Waals surface area contributed by atoms with Gasteiger partial charge in [-0.3, -0.25) is 0 Å². The second-order valence-corrected chi connectivity index (χ2v) is 2.40. The van der Waals surface area contributed by atoms with Crippen molar-refractivity contribution in [2.45, 2.75) is 0 Å². The summed E-state index contributed by atoms with van der Waals surface area (Å²) in [7, 11) is 0. The monoisotopic (exact) mass is 159 g/mol. The van der Waals surface area contributed by atoms with Gasteiger partial charge in [-0.25, -0.2) is 4.98 Å². The number of nitriles is 1. The fraction of sp³-hybridized carbons (Fsp3) is 0. The number of hydrogen-bond donors (Lipinski definition) is 2. The van der Waals surface area contributed by atoms with Crippen molar-refractivity contribution in [1.82, 2.24) is 9.97 Å². The molecule has 0 radical (unpaired) electrons. The molecule has 0 aliphatic heterocycles. The van der Waals surface area contributed by atoms with Crippen molar-refractivity contribution in [3.8, 4) is 11.8 Å². The fourth-order valence-corrected chi connectivity index (χ4v) is 1.06. The molecular formula is C8H5N3O. The molecule has 0 bridgehead atoms. The van der Waals surface area contributed by atoms with Gasteiger partial charge < -0.3 is 10.1 Å². The quantitative estimate of drug-likeness (QED) is 0.605. The summed E-state index contributed by atoms with van der Waals surface area (Å²) in [6.45, 7) is 0. The first-order chi connectivity index (χ1) is 5.81. The van der Waals surface area contributed by atoms with Crippen LogP contribution in [0.3, 0.4) is 0 Å². The van der Waals surface area contributed by atoms with Gasteiger partial charge in [-0.2, -0.15) is 5.26 Å². The van der Waals surface area contributed by atoms with Crippen LogP contribution >= 0.6 is 0 Å². The number of phenolic OH excluding ortho intramolecular Hbond substituents is 1. The highest BCUT2D eigenvalue weighted by Crippen LogP contribution is 2.21. The average molecular weight is 159 g/mol. The van der Waals surface area contributed by atoms with Gasteiger partial charge in [0.25, 0.3) is 0 Å².